The summed E-state index contributed by atoms with van der Waals surface area (Å²) in [6.07, 6.45) is 0. The summed E-state index contributed by atoms with van der Waals surface area (Å²) in [6.45, 7) is 4.20. The predicted octanol–water partition coefficient (Wildman–Crippen LogP) is 1.01. The van der Waals surface area contributed by atoms with Gasteiger partial charge in [0, 0.05) is 33.1 Å². The van der Waals surface area contributed by atoms with Crippen LogP contribution < -0.4 is 9.62 Å². The molecule has 1 N–H and O–H groups in total. The van der Waals surface area contributed by atoms with E-state index in [9.17, 15) is 13.2 Å². The highest BCUT2D eigenvalue weighted by Gasteiger charge is 2.20. The van der Waals surface area contributed by atoms with Crippen molar-refractivity contribution in [2.45, 2.75) is 11.1 Å². The first kappa shape index (κ1) is 16.7. The molecule has 2 aromatic heterocycles. The third kappa shape index (κ3) is 3.65. The minimum absolute atomic E-state index is 0.0686. The highest BCUT2D eigenvalue weighted by molar-refractivity contribution is 7.94. The van der Waals surface area contributed by atoms with Crippen LogP contribution in [0, 0.1) is 0 Å². The Balaban J connectivity index is 1.65. The number of thiophene rings is 1. The average Bonchev–Trinajstić information content (AvgIpc) is 3.11. The maximum absolute atomic E-state index is 12.1. The van der Waals surface area contributed by atoms with Crippen molar-refractivity contribution in [3.8, 4) is 0 Å². The average molecular weight is 367 g/mol. The van der Waals surface area contributed by atoms with Gasteiger partial charge in [-0.2, -0.15) is 0 Å². The van der Waals surface area contributed by atoms with Crippen LogP contribution in [0.5, 0.6) is 0 Å². The van der Waals surface area contributed by atoms with E-state index < -0.39 is 10.0 Å². The van der Waals surface area contributed by atoms with Gasteiger partial charge in [0.1, 0.15) is 4.21 Å². The molecule has 0 bridgehead atoms. The van der Waals surface area contributed by atoms with E-state index in [4.69, 9.17) is 0 Å². The van der Waals surface area contributed by atoms with E-state index in [1.807, 2.05) is 4.90 Å². The number of carbonyl (C=O) groups is 1. The van der Waals surface area contributed by atoms with Crippen molar-refractivity contribution in [3.05, 3.63) is 29.6 Å². The van der Waals surface area contributed by atoms with Crippen molar-refractivity contribution < 1.29 is 13.2 Å². The molecule has 24 heavy (non-hydrogen) atoms. The van der Waals surface area contributed by atoms with E-state index in [-0.39, 0.29) is 15.9 Å². The highest BCUT2D eigenvalue weighted by Crippen LogP contribution is 2.20. The second kappa shape index (κ2) is 6.73. The lowest BCUT2D eigenvalue weighted by atomic mass is 10.3. The van der Waals surface area contributed by atoms with Crippen LogP contribution in [-0.4, -0.2) is 55.6 Å². The fraction of sp³-hybridized carbons (Fsp3) is 0.357. The number of aromatic nitrogens is 2. The minimum Gasteiger partial charge on any atom is -0.352 e. The van der Waals surface area contributed by atoms with Crippen LogP contribution in [0.3, 0.4) is 0 Å². The van der Waals surface area contributed by atoms with E-state index in [0.717, 1.165) is 11.3 Å². The molecule has 8 nitrogen and oxygen atoms in total. The molecule has 3 heterocycles. The van der Waals surface area contributed by atoms with Crippen LogP contribution in [0.25, 0.3) is 0 Å². The Labute approximate surface area is 144 Å². The molecule has 0 atom stereocenters. The minimum atomic E-state index is -3.62. The number of nitrogens with one attached hydrogen (secondary N) is 1. The Kier molecular flexibility index (Phi) is 4.67. The number of sulfonamides is 1. The van der Waals surface area contributed by atoms with Gasteiger partial charge in [0.25, 0.3) is 10.0 Å². The first-order valence-electron chi connectivity index (χ1n) is 7.36. The number of piperazine rings is 1. The summed E-state index contributed by atoms with van der Waals surface area (Å²) < 4.78 is 26.9. The summed E-state index contributed by atoms with van der Waals surface area (Å²) in [5.74, 6) is 0.908. The highest BCUT2D eigenvalue weighted by atomic mass is 32.2. The van der Waals surface area contributed by atoms with Crippen molar-refractivity contribution in [3.63, 3.8) is 0 Å². The molecule has 1 aliphatic rings. The maximum atomic E-state index is 12.1. The molecule has 3 rings (SSSR count). The van der Waals surface area contributed by atoms with Crippen LogP contribution in [0.4, 0.5) is 11.6 Å². The van der Waals surface area contributed by atoms with Gasteiger partial charge in [-0.15, -0.1) is 21.5 Å². The van der Waals surface area contributed by atoms with E-state index in [0.29, 0.717) is 32.0 Å². The number of rotatable bonds is 4. The standard InChI is InChI=1S/C14H17N5O3S2/c1-11(20)18-6-8-19(9-7-18)13-5-4-12(15-16-13)17-24(21,22)14-3-2-10-23-14/h2-5,10H,6-9H2,1H3,(H,15,17). The normalized spacial score (nSPS) is 15.4. The van der Waals surface area contributed by atoms with Crippen molar-refractivity contribution >= 4 is 38.9 Å². The quantitative estimate of drug-likeness (QED) is 0.866. The Morgan fingerprint density at radius 2 is 1.92 bits per heavy atom. The van der Waals surface area contributed by atoms with Gasteiger partial charge in [0.2, 0.25) is 5.91 Å². The summed E-state index contributed by atoms with van der Waals surface area (Å²) in [6, 6.07) is 6.52. The molecule has 2 aromatic rings. The lowest BCUT2D eigenvalue weighted by Crippen LogP contribution is -2.48. The largest absolute Gasteiger partial charge is 0.352 e. The zero-order valence-corrected chi connectivity index (χ0v) is 14.7. The molecule has 0 spiro atoms. The molecule has 0 unspecified atom stereocenters. The van der Waals surface area contributed by atoms with Crippen molar-refractivity contribution in [2.24, 2.45) is 0 Å². The van der Waals surface area contributed by atoms with Crippen LogP contribution in [0.2, 0.25) is 0 Å². The van der Waals surface area contributed by atoms with E-state index >= 15 is 0 Å². The van der Waals surface area contributed by atoms with Crippen LogP contribution in [0.15, 0.2) is 33.9 Å². The van der Waals surface area contributed by atoms with Crippen molar-refractivity contribution in [1.82, 2.24) is 15.1 Å². The summed E-state index contributed by atoms with van der Waals surface area (Å²) in [4.78, 5) is 15.1. The summed E-state index contributed by atoms with van der Waals surface area (Å²) in [5.41, 5.74) is 0. The predicted molar refractivity (Wildman–Crippen MR) is 91.6 cm³/mol. The number of hydrogen-bond donors (Lipinski definition) is 1. The van der Waals surface area contributed by atoms with Gasteiger partial charge in [0.05, 0.1) is 0 Å². The second-order valence-corrected chi connectivity index (χ2v) is 8.16. The van der Waals surface area contributed by atoms with Gasteiger partial charge in [-0.05, 0) is 23.6 Å². The molecular formula is C14H17N5O3S2. The van der Waals surface area contributed by atoms with Crippen molar-refractivity contribution in [1.29, 1.82) is 0 Å². The second-order valence-electron chi connectivity index (χ2n) is 5.31. The molecule has 1 fully saturated rings. The molecule has 10 heteroatoms. The summed E-state index contributed by atoms with van der Waals surface area (Å²) in [5, 5.41) is 9.73. The molecule has 128 valence electrons. The number of amides is 1. The Morgan fingerprint density at radius 1 is 1.17 bits per heavy atom. The zero-order chi connectivity index (χ0) is 17.2. The van der Waals surface area contributed by atoms with Gasteiger partial charge in [-0.3, -0.25) is 9.52 Å². The number of anilines is 2. The topological polar surface area (TPSA) is 95.5 Å². The first-order chi connectivity index (χ1) is 11.5. The van der Waals surface area contributed by atoms with Gasteiger partial charge < -0.3 is 9.80 Å². The fourth-order valence-electron chi connectivity index (χ4n) is 2.40. The Morgan fingerprint density at radius 3 is 2.46 bits per heavy atom. The molecule has 1 amide bonds. The lowest BCUT2D eigenvalue weighted by molar-refractivity contribution is -0.129. The van der Waals surface area contributed by atoms with Crippen LogP contribution >= 0.6 is 11.3 Å². The third-order valence-corrected chi connectivity index (χ3v) is 6.45. The SMILES string of the molecule is CC(=O)N1CCN(c2ccc(NS(=O)(=O)c3cccs3)nn2)CC1. The summed E-state index contributed by atoms with van der Waals surface area (Å²) in [7, 11) is -3.62. The van der Waals surface area contributed by atoms with E-state index in [2.05, 4.69) is 14.9 Å². The van der Waals surface area contributed by atoms with E-state index in [1.54, 1.807) is 35.4 Å². The van der Waals surface area contributed by atoms with Gasteiger partial charge in [-0.25, -0.2) is 8.42 Å². The first-order valence-corrected chi connectivity index (χ1v) is 9.72. The number of nitrogens with zero attached hydrogens (tertiary/aromatic N) is 4. The third-order valence-electron chi connectivity index (χ3n) is 3.70. The molecule has 0 aromatic carbocycles. The van der Waals surface area contributed by atoms with Gasteiger partial charge >= 0.3 is 0 Å². The molecular weight excluding hydrogens is 350 g/mol. The Hall–Kier alpha value is -2.20. The monoisotopic (exact) mass is 367 g/mol. The molecule has 0 saturated carbocycles. The number of hydrogen-bond acceptors (Lipinski definition) is 7. The summed E-state index contributed by atoms with van der Waals surface area (Å²) >= 11 is 1.14. The molecule has 1 saturated heterocycles. The molecule has 0 radical (unpaired) electrons. The van der Waals surface area contributed by atoms with E-state index in [1.165, 1.54) is 6.07 Å². The Bertz CT molecular complexity index is 797. The lowest BCUT2D eigenvalue weighted by Gasteiger charge is -2.34. The van der Waals surface area contributed by atoms with Crippen molar-refractivity contribution in [2.75, 3.05) is 35.8 Å². The maximum Gasteiger partial charge on any atom is 0.272 e. The van der Waals surface area contributed by atoms with Gasteiger partial charge in [0.15, 0.2) is 11.6 Å². The molecule has 0 aliphatic carbocycles. The fourth-order valence-corrected chi connectivity index (χ4v) is 4.39. The molecule has 1 aliphatic heterocycles. The van der Waals surface area contributed by atoms with Gasteiger partial charge in [-0.1, -0.05) is 6.07 Å². The van der Waals surface area contributed by atoms with Crippen LogP contribution in [0.1, 0.15) is 6.92 Å². The van der Waals surface area contributed by atoms with Crippen LogP contribution in [-0.2, 0) is 14.8 Å². The zero-order valence-electron chi connectivity index (χ0n) is 13.0. The number of carbonyl (C=O) groups excluding carboxylic acids is 1. The smallest absolute Gasteiger partial charge is 0.272 e.